The third-order valence-corrected chi connectivity index (χ3v) is 3.56. The monoisotopic (exact) mass is 366 g/mol. The number of ether oxygens (including phenoxy) is 1. The van der Waals surface area contributed by atoms with Crippen LogP contribution in [0.4, 0.5) is 17.6 Å². The van der Waals surface area contributed by atoms with Crippen LogP contribution >= 0.6 is 0 Å². The molecule has 0 N–H and O–H groups in total. The summed E-state index contributed by atoms with van der Waals surface area (Å²) in [4.78, 5) is 23.3. The highest BCUT2D eigenvalue weighted by Crippen LogP contribution is 2.34. The van der Waals surface area contributed by atoms with Gasteiger partial charge in [0, 0.05) is 23.1 Å². The lowest BCUT2D eigenvalue weighted by Crippen LogP contribution is -2.12. The molecule has 0 bridgehead atoms. The van der Waals surface area contributed by atoms with E-state index in [1.165, 1.54) is 18.2 Å². The van der Waals surface area contributed by atoms with Crippen LogP contribution in [-0.2, 0) is 6.18 Å². The van der Waals surface area contributed by atoms with Crippen LogP contribution in [0, 0.1) is 5.82 Å². The highest BCUT2D eigenvalue weighted by Gasteiger charge is 2.33. The summed E-state index contributed by atoms with van der Waals surface area (Å²) in [6, 6.07) is 8.62. The van der Waals surface area contributed by atoms with Crippen LogP contribution in [0.1, 0.15) is 15.9 Å². The zero-order chi connectivity index (χ0) is 18.9. The first-order valence-corrected chi connectivity index (χ1v) is 7.31. The van der Waals surface area contributed by atoms with Crippen LogP contribution in [0.25, 0.3) is 11.0 Å². The number of rotatable bonds is 4. The van der Waals surface area contributed by atoms with E-state index in [-0.39, 0.29) is 22.3 Å². The van der Waals surface area contributed by atoms with E-state index in [4.69, 9.17) is 9.15 Å². The van der Waals surface area contributed by atoms with Gasteiger partial charge >= 0.3 is 11.8 Å². The lowest BCUT2D eigenvalue weighted by atomic mass is 10.1. The molecule has 0 fully saturated rings. The number of carbonyl (C=O) groups excluding carboxylic acids is 1. The van der Waals surface area contributed by atoms with Crippen molar-refractivity contribution in [1.82, 2.24) is 0 Å². The van der Waals surface area contributed by atoms with Crippen molar-refractivity contribution in [1.29, 1.82) is 0 Å². The zero-order valence-electron chi connectivity index (χ0n) is 13.0. The van der Waals surface area contributed by atoms with E-state index in [1.54, 1.807) is 0 Å². The molecule has 0 saturated carbocycles. The first-order valence-electron chi connectivity index (χ1n) is 7.31. The van der Waals surface area contributed by atoms with Crippen molar-refractivity contribution in [3.63, 3.8) is 0 Å². The van der Waals surface area contributed by atoms with Crippen molar-refractivity contribution in [3.8, 4) is 5.75 Å². The van der Waals surface area contributed by atoms with Crippen molar-refractivity contribution in [2.45, 2.75) is 6.18 Å². The summed E-state index contributed by atoms with van der Waals surface area (Å²) >= 11 is 0. The molecule has 0 atom stereocenters. The summed E-state index contributed by atoms with van der Waals surface area (Å²) in [5.41, 5.74) is -2.35. The first kappa shape index (κ1) is 17.7. The lowest BCUT2D eigenvalue weighted by molar-refractivity contribution is -0.136. The summed E-state index contributed by atoms with van der Waals surface area (Å²) < 4.78 is 61.8. The molecule has 134 valence electrons. The fourth-order valence-corrected chi connectivity index (χ4v) is 2.34. The Labute approximate surface area is 143 Å². The predicted molar refractivity (Wildman–Crippen MR) is 83.7 cm³/mol. The van der Waals surface area contributed by atoms with Crippen LogP contribution in [-0.4, -0.2) is 12.4 Å². The predicted octanol–water partition coefficient (Wildman–Crippen LogP) is 4.21. The summed E-state index contributed by atoms with van der Waals surface area (Å²) in [6.07, 6.45) is -4.71. The topological polar surface area (TPSA) is 56.5 Å². The maximum absolute atomic E-state index is 13.0. The van der Waals surface area contributed by atoms with E-state index in [0.717, 1.165) is 24.3 Å². The quantitative estimate of drug-likeness (QED) is 0.394. The van der Waals surface area contributed by atoms with Crippen molar-refractivity contribution in [2.24, 2.45) is 0 Å². The molecule has 0 aliphatic heterocycles. The largest absolute Gasteiger partial charge is 0.485 e. The highest BCUT2D eigenvalue weighted by molar-refractivity contribution is 5.97. The van der Waals surface area contributed by atoms with Gasteiger partial charge in [-0.15, -0.1) is 0 Å². The van der Waals surface area contributed by atoms with E-state index in [1.807, 2.05) is 0 Å². The molecule has 0 spiro atoms. The van der Waals surface area contributed by atoms with Gasteiger partial charge in [0.25, 0.3) is 0 Å². The third-order valence-electron chi connectivity index (χ3n) is 3.56. The molecule has 3 rings (SSSR count). The van der Waals surface area contributed by atoms with Crippen LogP contribution in [0.3, 0.4) is 0 Å². The van der Waals surface area contributed by atoms with Crippen LogP contribution in [0.15, 0.2) is 57.7 Å². The highest BCUT2D eigenvalue weighted by atomic mass is 19.4. The number of alkyl halides is 3. The Morgan fingerprint density at radius 2 is 1.73 bits per heavy atom. The van der Waals surface area contributed by atoms with Crippen LogP contribution in [0.2, 0.25) is 0 Å². The molecule has 0 radical (unpaired) electrons. The average Bonchev–Trinajstić information content (AvgIpc) is 2.58. The Hall–Kier alpha value is -3.16. The van der Waals surface area contributed by atoms with Gasteiger partial charge in [0.1, 0.15) is 17.1 Å². The minimum atomic E-state index is -4.71. The Bertz CT molecular complexity index is 1020. The molecule has 8 heteroatoms. The van der Waals surface area contributed by atoms with Crippen LogP contribution < -0.4 is 10.4 Å². The van der Waals surface area contributed by atoms with E-state index < -0.39 is 35.6 Å². The van der Waals surface area contributed by atoms with Crippen molar-refractivity contribution < 1.29 is 31.5 Å². The van der Waals surface area contributed by atoms with E-state index >= 15 is 0 Å². The molecule has 0 saturated heterocycles. The molecule has 26 heavy (non-hydrogen) atoms. The maximum atomic E-state index is 13.0. The van der Waals surface area contributed by atoms with Crippen molar-refractivity contribution >= 4 is 16.8 Å². The number of fused-ring (bicyclic) bond motifs is 1. The van der Waals surface area contributed by atoms with Gasteiger partial charge in [0.15, 0.2) is 12.4 Å². The lowest BCUT2D eigenvalue weighted by Gasteiger charge is -2.10. The summed E-state index contributed by atoms with van der Waals surface area (Å²) in [5, 5.41) is -0.297. The summed E-state index contributed by atoms with van der Waals surface area (Å²) in [5.74, 6) is -0.890. The minimum Gasteiger partial charge on any atom is -0.485 e. The standard InChI is InChI=1S/C18H10F4O4/c19-11-3-1-10(2-4-11)15(23)9-25-12-5-6-13-14(18(20,21)22)8-17(24)26-16(13)7-12/h1-8H,9H2. The molecule has 1 aromatic heterocycles. The number of benzene rings is 2. The van der Waals surface area contributed by atoms with Crippen molar-refractivity contribution in [2.75, 3.05) is 6.61 Å². The minimum absolute atomic E-state index is 0.0513. The van der Waals surface area contributed by atoms with E-state index in [9.17, 15) is 27.2 Å². The van der Waals surface area contributed by atoms with Gasteiger partial charge in [0.05, 0.1) is 5.56 Å². The fourth-order valence-electron chi connectivity index (χ4n) is 2.34. The Morgan fingerprint density at radius 3 is 2.38 bits per heavy atom. The molecule has 3 aromatic rings. The van der Waals surface area contributed by atoms with Gasteiger partial charge in [0.2, 0.25) is 0 Å². The van der Waals surface area contributed by atoms with Gasteiger partial charge in [-0.3, -0.25) is 4.79 Å². The summed E-state index contributed by atoms with van der Waals surface area (Å²) in [7, 11) is 0. The maximum Gasteiger partial charge on any atom is 0.417 e. The molecule has 4 nitrogen and oxygen atoms in total. The Kier molecular flexibility index (Phi) is 4.50. The number of carbonyl (C=O) groups is 1. The normalized spacial score (nSPS) is 11.5. The molecule has 0 aliphatic rings. The molecule has 1 heterocycles. The third kappa shape index (κ3) is 3.74. The number of Topliss-reactive ketones (excluding diaryl/α,β-unsaturated/α-hetero) is 1. The average molecular weight is 366 g/mol. The Balaban J connectivity index is 1.84. The second-order valence-electron chi connectivity index (χ2n) is 5.35. The van der Waals surface area contributed by atoms with E-state index in [2.05, 4.69) is 0 Å². The SMILES string of the molecule is O=C(COc1ccc2c(C(F)(F)F)cc(=O)oc2c1)c1ccc(F)cc1. The second-order valence-corrected chi connectivity index (χ2v) is 5.35. The number of ketones is 1. The molecule has 0 unspecified atom stereocenters. The smallest absolute Gasteiger partial charge is 0.417 e. The van der Waals surface area contributed by atoms with Gasteiger partial charge in [-0.25, -0.2) is 9.18 Å². The van der Waals surface area contributed by atoms with Gasteiger partial charge in [-0.1, -0.05) is 0 Å². The number of hydrogen-bond donors (Lipinski definition) is 0. The van der Waals surface area contributed by atoms with Crippen molar-refractivity contribution in [3.05, 3.63) is 75.9 Å². The molecular formula is C18H10F4O4. The summed E-state index contributed by atoms with van der Waals surface area (Å²) in [6.45, 7) is -0.416. The fraction of sp³-hybridized carbons (Fsp3) is 0.111. The van der Waals surface area contributed by atoms with Gasteiger partial charge < -0.3 is 9.15 Å². The van der Waals surface area contributed by atoms with Gasteiger partial charge in [-0.2, -0.15) is 13.2 Å². The van der Waals surface area contributed by atoms with Crippen LogP contribution in [0.5, 0.6) is 5.75 Å². The Morgan fingerprint density at radius 1 is 1.04 bits per heavy atom. The number of halogens is 4. The molecule has 0 aliphatic carbocycles. The number of hydrogen-bond acceptors (Lipinski definition) is 4. The first-order chi connectivity index (χ1) is 12.2. The van der Waals surface area contributed by atoms with Gasteiger partial charge in [-0.05, 0) is 36.4 Å². The zero-order valence-corrected chi connectivity index (χ0v) is 13.0. The van der Waals surface area contributed by atoms with E-state index in [0.29, 0.717) is 6.07 Å². The second kappa shape index (κ2) is 6.62. The molecule has 2 aromatic carbocycles. The molecule has 0 amide bonds. The molecular weight excluding hydrogens is 356 g/mol.